The highest BCUT2D eigenvalue weighted by molar-refractivity contribution is 7.89. The molecule has 6 nitrogen and oxygen atoms in total. The van der Waals surface area contributed by atoms with Crippen LogP contribution in [0.15, 0.2) is 54.6 Å². The van der Waals surface area contributed by atoms with E-state index < -0.39 is 33.6 Å². The van der Waals surface area contributed by atoms with Crippen LogP contribution in [0.1, 0.15) is 11.1 Å². The van der Waals surface area contributed by atoms with Gasteiger partial charge in [0.15, 0.2) is 0 Å². The maximum Gasteiger partial charge on any atom is 0.416 e. The van der Waals surface area contributed by atoms with Gasteiger partial charge in [0.2, 0.25) is 10.0 Å². The normalized spacial score (nSPS) is 16.5. The van der Waals surface area contributed by atoms with E-state index in [1.165, 1.54) is 16.4 Å². The topological polar surface area (TPSA) is 72.9 Å². The van der Waals surface area contributed by atoms with Gasteiger partial charge in [0.05, 0.1) is 11.3 Å². The second-order valence-electron chi connectivity index (χ2n) is 7.03. The molecule has 0 bridgehead atoms. The summed E-state index contributed by atoms with van der Waals surface area (Å²) in [5, 5.41) is 9.31. The summed E-state index contributed by atoms with van der Waals surface area (Å²) in [5.74, 6) is 5.14. The van der Waals surface area contributed by atoms with Crippen molar-refractivity contribution in [2.45, 2.75) is 12.2 Å². The molecular weight excluding hydrogens is 431 g/mol. The number of nitrogens with one attached hydrogen (secondary N) is 1. The predicted octanol–water partition coefficient (Wildman–Crippen LogP) is 2.56. The molecular formula is C21H22F3N3O3S. The highest BCUT2D eigenvalue weighted by Gasteiger charge is 2.31. The zero-order valence-electron chi connectivity index (χ0n) is 16.5. The van der Waals surface area contributed by atoms with Crippen molar-refractivity contribution < 1.29 is 26.8 Å². The molecule has 3 rings (SSSR count). The van der Waals surface area contributed by atoms with E-state index in [2.05, 4.69) is 11.8 Å². The first-order valence-corrected chi connectivity index (χ1v) is 11.2. The van der Waals surface area contributed by atoms with Gasteiger partial charge in [-0.3, -0.25) is 0 Å². The maximum absolute atomic E-state index is 12.7. The van der Waals surface area contributed by atoms with Gasteiger partial charge in [-0.15, -0.1) is 0 Å². The number of benzene rings is 2. The van der Waals surface area contributed by atoms with Crippen LogP contribution in [0, 0.1) is 11.8 Å². The molecule has 2 aromatic rings. The third-order valence-corrected chi connectivity index (χ3v) is 6.80. The van der Waals surface area contributed by atoms with Crippen LogP contribution in [0.25, 0.3) is 0 Å². The molecule has 1 aliphatic heterocycles. The minimum atomic E-state index is -4.40. The zero-order valence-corrected chi connectivity index (χ0v) is 17.3. The molecule has 1 unspecified atom stereocenters. The number of alkyl halides is 3. The smallest absolute Gasteiger partial charge is 0.369 e. The van der Waals surface area contributed by atoms with Crippen molar-refractivity contribution in [1.29, 1.82) is 0 Å². The molecule has 1 atom stereocenters. The average Bonchev–Trinajstić information content (AvgIpc) is 2.77. The lowest BCUT2D eigenvalue weighted by Gasteiger charge is -2.35. The number of piperazine rings is 1. The summed E-state index contributed by atoms with van der Waals surface area (Å²) in [6.45, 7) is 1.07. The molecule has 166 valence electrons. The van der Waals surface area contributed by atoms with Gasteiger partial charge < -0.3 is 10.1 Å². The number of hydrogen-bond acceptors (Lipinski definition) is 5. The third-order valence-electron chi connectivity index (χ3n) is 4.89. The van der Waals surface area contributed by atoms with Crippen molar-refractivity contribution in [3.63, 3.8) is 0 Å². The van der Waals surface area contributed by atoms with Crippen LogP contribution < -0.4 is 10.4 Å². The molecule has 2 aromatic carbocycles. The summed E-state index contributed by atoms with van der Waals surface area (Å²) in [5.41, 5.74) is 2.52. The third kappa shape index (κ3) is 6.21. The molecule has 0 amide bonds. The van der Waals surface area contributed by atoms with Gasteiger partial charge in [-0.05, 0) is 36.4 Å². The highest BCUT2D eigenvalue weighted by atomic mass is 32.2. The first-order chi connectivity index (χ1) is 14.7. The summed E-state index contributed by atoms with van der Waals surface area (Å²) >= 11 is 0. The van der Waals surface area contributed by atoms with Gasteiger partial charge in [-0.2, -0.15) is 23.0 Å². The molecule has 0 aromatic heterocycles. The Morgan fingerprint density at radius 3 is 2.16 bits per heavy atom. The molecule has 1 aliphatic rings. The van der Waals surface area contributed by atoms with Crippen LogP contribution in [0.3, 0.4) is 0 Å². The summed E-state index contributed by atoms with van der Waals surface area (Å²) in [4.78, 5) is 1.84. The van der Waals surface area contributed by atoms with Crippen molar-refractivity contribution in [1.82, 2.24) is 9.79 Å². The van der Waals surface area contributed by atoms with E-state index in [9.17, 15) is 26.8 Å². The summed E-state index contributed by atoms with van der Waals surface area (Å²) in [7, 11) is -3.70. The summed E-state index contributed by atoms with van der Waals surface area (Å²) < 4.78 is 64.9. The first kappa shape index (κ1) is 23.1. The molecule has 1 saturated heterocycles. The van der Waals surface area contributed by atoms with Gasteiger partial charge in [0.1, 0.15) is 6.04 Å². The molecule has 0 saturated carbocycles. The molecule has 1 fully saturated rings. The molecule has 1 heterocycles. The fourth-order valence-corrected chi connectivity index (χ4v) is 4.71. The lowest BCUT2D eigenvalue weighted by atomic mass is 10.2. The number of anilines is 1. The second kappa shape index (κ2) is 9.70. The van der Waals surface area contributed by atoms with E-state index in [1.807, 2.05) is 16.4 Å². The Morgan fingerprint density at radius 2 is 1.61 bits per heavy atom. The second-order valence-corrected chi connectivity index (χ2v) is 9.04. The van der Waals surface area contributed by atoms with E-state index in [0.29, 0.717) is 24.3 Å². The Labute approximate surface area is 179 Å². The molecule has 0 spiro atoms. The fourth-order valence-electron chi connectivity index (χ4n) is 3.20. The van der Waals surface area contributed by atoms with Crippen molar-refractivity contribution in [2.75, 3.05) is 36.8 Å². The van der Waals surface area contributed by atoms with E-state index in [0.717, 1.165) is 12.1 Å². The number of halogens is 3. The van der Waals surface area contributed by atoms with Crippen LogP contribution in [0.4, 0.5) is 18.9 Å². The Hall–Kier alpha value is -2.58. The van der Waals surface area contributed by atoms with Crippen LogP contribution in [-0.2, 0) is 16.2 Å². The van der Waals surface area contributed by atoms with Gasteiger partial charge in [0.25, 0.3) is 0 Å². The monoisotopic (exact) mass is 453 g/mol. The van der Waals surface area contributed by atoms with Crippen LogP contribution in [0.2, 0.25) is 0 Å². The SMILES string of the molecule is O=S(=O)(CC(C#Cc1ccccc1)NO)N1CCN(c2ccc(C(F)(F)F)cc2)CC1. The number of rotatable bonds is 5. The average molecular weight is 453 g/mol. The maximum atomic E-state index is 12.7. The highest BCUT2D eigenvalue weighted by Crippen LogP contribution is 2.30. The van der Waals surface area contributed by atoms with Crippen LogP contribution >= 0.6 is 0 Å². The van der Waals surface area contributed by atoms with Crippen molar-refractivity contribution in [3.05, 3.63) is 65.7 Å². The minimum Gasteiger partial charge on any atom is -0.369 e. The number of nitrogens with zero attached hydrogens (tertiary/aromatic N) is 2. The molecule has 2 N–H and O–H groups in total. The predicted molar refractivity (Wildman–Crippen MR) is 111 cm³/mol. The quantitative estimate of drug-likeness (QED) is 0.538. The van der Waals surface area contributed by atoms with Crippen molar-refractivity contribution >= 4 is 15.7 Å². The lowest BCUT2D eigenvalue weighted by molar-refractivity contribution is -0.137. The van der Waals surface area contributed by atoms with E-state index in [1.54, 1.807) is 24.3 Å². The Balaban J connectivity index is 1.59. The number of hydroxylamine groups is 1. The van der Waals surface area contributed by atoms with Gasteiger partial charge in [-0.25, -0.2) is 8.42 Å². The van der Waals surface area contributed by atoms with Gasteiger partial charge in [0, 0.05) is 37.4 Å². The van der Waals surface area contributed by atoms with Crippen molar-refractivity contribution in [3.8, 4) is 11.8 Å². The first-order valence-electron chi connectivity index (χ1n) is 9.55. The summed E-state index contributed by atoms with van der Waals surface area (Å²) in [6.07, 6.45) is -4.40. The molecule has 31 heavy (non-hydrogen) atoms. The Bertz CT molecular complexity index is 1020. The fraction of sp³-hybridized carbons (Fsp3) is 0.333. The minimum absolute atomic E-state index is 0.188. The van der Waals surface area contributed by atoms with E-state index in [4.69, 9.17) is 0 Å². The van der Waals surface area contributed by atoms with Gasteiger partial charge >= 0.3 is 6.18 Å². The van der Waals surface area contributed by atoms with Gasteiger partial charge in [-0.1, -0.05) is 30.0 Å². The zero-order chi connectivity index (χ0) is 22.5. The van der Waals surface area contributed by atoms with Crippen LogP contribution in [0.5, 0.6) is 0 Å². The number of hydrogen-bond donors (Lipinski definition) is 2. The molecule has 0 radical (unpaired) electrons. The largest absolute Gasteiger partial charge is 0.416 e. The Morgan fingerprint density at radius 1 is 1.00 bits per heavy atom. The number of sulfonamides is 1. The molecule has 10 heteroatoms. The van der Waals surface area contributed by atoms with E-state index >= 15 is 0 Å². The van der Waals surface area contributed by atoms with Crippen molar-refractivity contribution in [2.24, 2.45) is 0 Å². The van der Waals surface area contributed by atoms with Crippen LogP contribution in [-0.4, -0.2) is 55.9 Å². The summed E-state index contributed by atoms with van der Waals surface area (Å²) in [6, 6.07) is 12.8. The Kier molecular flexibility index (Phi) is 7.23. The lowest BCUT2D eigenvalue weighted by Crippen LogP contribution is -2.51. The van der Waals surface area contributed by atoms with E-state index in [-0.39, 0.29) is 13.1 Å². The standard InChI is InChI=1S/C21H22F3N3O3S/c22-21(23,24)18-7-10-20(11-8-18)26-12-14-27(15-13-26)31(29,30)16-19(25-28)9-6-17-4-2-1-3-5-17/h1-5,7-8,10-11,19,25,28H,12-16H2. The molecule has 0 aliphatic carbocycles.